The summed E-state index contributed by atoms with van der Waals surface area (Å²) in [6.45, 7) is 5.22. The quantitative estimate of drug-likeness (QED) is 0.896. The molecule has 0 bridgehead atoms. The van der Waals surface area contributed by atoms with Crippen molar-refractivity contribution in [3.8, 4) is 11.5 Å². The van der Waals surface area contributed by atoms with Crippen molar-refractivity contribution in [2.45, 2.75) is 19.8 Å². The summed E-state index contributed by atoms with van der Waals surface area (Å²) in [6.07, 6.45) is 2.18. The number of carbonyl (C=O) groups excluding carboxylic acids is 1. The van der Waals surface area contributed by atoms with Crippen molar-refractivity contribution in [3.05, 3.63) is 23.8 Å². The van der Waals surface area contributed by atoms with Gasteiger partial charge in [0.25, 0.3) is 5.91 Å². The molecule has 0 unspecified atom stereocenters. The van der Waals surface area contributed by atoms with Crippen LogP contribution in [0, 0.1) is 5.41 Å². The van der Waals surface area contributed by atoms with Gasteiger partial charge in [0.2, 0.25) is 6.79 Å². The number of fused-ring (bicyclic) bond motifs is 1. The lowest BCUT2D eigenvalue weighted by molar-refractivity contribution is 0.0922. The minimum Gasteiger partial charge on any atom is -0.454 e. The van der Waals surface area contributed by atoms with E-state index >= 15 is 0 Å². The largest absolute Gasteiger partial charge is 0.454 e. The molecule has 0 aromatic heterocycles. The normalized spacial score (nSPS) is 18.7. The smallest absolute Gasteiger partial charge is 0.251 e. The van der Waals surface area contributed by atoms with Gasteiger partial charge in [-0.1, -0.05) is 6.92 Å². The second-order valence-corrected chi connectivity index (χ2v) is 5.81. The molecule has 5 nitrogen and oxygen atoms in total. The number of ether oxygens (including phenoxy) is 2. The summed E-state index contributed by atoms with van der Waals surface area (Å²) in [5.74, 6) is 1.29. The summed E-state index contributed by atoms with van der Waals surface area (Å²) < 4.78 is 10.5. The molecular weight excluding hydrogens is 292 g/mol. The average molecular weight is 313 g/mol. The molecule has 0 atom stereocenters. The van der Waals surface area contributed by atoms with Crippen LogP contribution in [0.15, 0.2) is 18.2 Å². The van der Waals surface area contributed by atoms with Crippen LogP contribution in [0.25, 0.3) is 0 Å². The highest BCUT2D eigenvalue weighted by Gasteiger charge is 2.27. The van der Waals surface area contributed by atoms with Crippen molar-refractivity contribution in [2.24, 2.45) is 5.41 Å². The van der Waals surface area contributed by atoms with Crippen LogP contribution >= 0.6 is 12.4 Å². The topological polar surface area (TPSA) is 59.6 Å². The van der Waals surface area contributed by atoms with Gasteiger partial charge in [-0.15, -0.1) is 12.4 Å². The van der Waals surface area contributed by atoms with Crippen LogP contribution in [0.5, 0.6) is 11.5 Å². The lowest BCUT2D eigenvalue weighted by Gasteiger charge is -2.34. The number of benzene rings is 1. The van der Waals surface area contributed by atoms with E-state index in [1.54, 1.807) is 18.2 Å². The molecule has 116 valence electrons. The van der Waals surface area contributed by atoms with Gasteiger partial charge in [0.05, 0.1) is 0 Å². The Morgan fingerprint density at radius 1 is 1.29 bits per heavy atom. The zero-order chi connectivity index (χ0) is 14.0. The maximum Gasteiger partial charge on any atom is 0.251 e. The first-order chi connectivity index (χ1) is 9.66. The van der Waals surface area contributed by atoms with E-state index in [1.165, 1.54) is 0 Å². The van der Waals surface area contributed by atoms with Crippen LogP contribution in [-0.4, -0.2) is 32.3 Å². The number of piperidine rings is 1. The van der Waals surface area contributed by atoms with Gasteiger partial charge in [-0.2, -0.15) is 0 Å². The predicted molar refractivity (Wildman–Crippen MR) is 82.4 cm³/mol. The van der Waals surface area contributed by atoms with Crippen molar-refractivity contribution in [1.29, 1.82) is 0 Å². The minimum absolute atomic E-state index is 0. The summed E-state index contributed by atoms with van der Waals surface area (Å²) >= 11 is 0. The van der Waals surface area contributed by atoms with E-state index in [1.807, 2.05) is 0 Å². The van der Waals surface area contributed by atoms with Crippen LogP contribution in [0.4, 0.5) is 0 Å². The highest BCUT2D eigenvalue weighted by Crippen LogP contribution is 2.32. The van der Waals surface area contributed by atoms with Gasteiger partial charge >= 0.3 is 0 Å². The molecule has 2 heterocycles. The maximum atomic E-state index is 12.2. The van der Waals surface area contributed by atoms with Gasteiger partial charge in [0.1, 0.15) is 0 Å². The third-order valence-corrected chi connectivity index (χ3v) is 4.12. The third kappa shape index (κ3) is 3.60. The Morgan fingerprint density at radius 2 is 2.00 bits per heavy atom. The molecule has 0 radical (unpaired) electrons. The number of rotatable bonds is 3. The van der Waals surface area contributed by atoms with Gasteiger partial charge in [0, 0.05) is 12.1 Å². The van der Waals surface area contributed by atoms with Crippen LogP contribution in [0.3, 0.4) is 0 Å². The van der Waals surface area contributed by atoms with Crippen molar-refractivity contribution >= 4 is 18.3 Å². The fraction of sp³-hybridized carbons (Fsp3) is 0.533. The van der Waals surface area contributed by atoms with E-state index in [4.69, 9.17) is 9.47 Å². The molecule has 3 rings (SSSR count). The molecule has 2 N–H and O–H groups in total. The Labute approximate surface area is 130 Å². The van der Waals surface area contributed by atoms with Gasteiger partial charge in [0.15, 0.2) is 11.5 Å². The third-order valence-electron chi connectivity index (χ3n) is 4.12. The van der Waals surface area contributed by atoms with E-state index in [0.717, 1.165) is 25.9 Å². The number of amides is 1. The van der Waals surface area contributed by atoms with Gasteiger partial charge in [-0.25, -0.2) is 0 Å². The number of hydrogen-bond acceptors (Lipinski definition) is 4. The minimum atomic E-state index is -0.0527. The van der Waals surface area contributed by atoms with Crippen molar-refractivity contribution in [2.75, 3.05) is 26.4 Å². The highest BCUT2D eigenvalue weighted by atomic mass is 35.5. The molecule has 1 amide bonds. The molecule has 1 saturated heterocycles. The first-order valence-corrected chi connectivity index (χ1v) is 7.05. The maximum absolute atomic E-state index is 12.2. The van der Waals surface area contributed by atoms with Crippen molar-refractivity contribution < 1.29 is 14.3 Å². The van der Waals surface area contributed by atoms with E-state index in [0.29, 0.717) is 23.6 Å². The zero-order valence-corrected chi connectivity index (χ0v) is 12.9. The average Bonchev–Trinajstić information content (AvgIpc) is 2.93. The van der Waals surface area contributed by atoms with Crippen molar-refractivity contribution in [1.82, 2.24) is 10.6 Å². The van der Waals surface area contributed by atoms with Crippen LogP contribution in [0.1, 0.15) is 30.1 Å². The predicted octanol–water partition coefficient (Wildman–Crippen LogP) is 1.96. The van der Waals surface area contributed by atoms with Crippen LogP contribution in [0.2, 0.25) is 0 Å². The number of hydrogen-bond donors (Lipinski definition) is 2. The monoisotopic (exact) mass is 312 g/mol. The first-order valence-electron chi connectivity index (χ1n) is 7.05. The summed E-state index contributed by atoms with van der Waals surface area (Å²) in [5.41, 5.74) is 0.809. The van der Waals surface area contributed by atoms with Crippen molar-refractivity contribution in [3.63, 3.8) is 0 Å². The molecule has 0 aliphatic carbocycles. The fourth-order valence-electron chi connectivity index (χ4n) is 2.64. The molecule has 6 heteroatoms. The van der Waals surface area contributed by atoms with Gasteiger partial charge < -0.3 is 20.1 Å². The molecule has 1 fully saturated rings. The lowest BCUT2D eigenvalue weighted by atomic mass is 9.81. The molecule has 1 aromatic carbocycles. The summed E-state index contributed by atoms with van der Waals surface area (Å²) in [5, 5.41) is 6.38. The van der Waals surface area contributed by atoms with E-state index in [2.05, 4.69) is 17.6 Å². The Balaban J connectivity index is 0.00000161. The van der Waals surface area contributed by atoms with Gasteiger partial charge in [-0.3, -0.25) is 4.79 Å². The van der Waals surface area contributed by atoms with Crippen LogP contribution < -0.4 is 20.1 Å². The Hall–Kier alpha value is -1.46. The van der Waals surface area contributed by atoms with Gasteiger partial charge in [-0.05, 0) is 49.5 Å². The standard InChI is InChI=1S/C15H20N2O3.ClH/c1-15(4-6-16-7-5-15)9-17-14(18)11-2-3-12-13(8-11)20-10-19-12;/h2-3,8,16H,4-7,9-10H2,1H3,(H,17,18);1H. The molecule has 0 saturated carbocycles. The molecule has 1 aromatic rings. The Kier molecular flexibility index (Phi) is 4.96. The number of halogens is 1. The second-order valence-electron chi connectivity index (χ2n) is 5.81. The van der Waals surface area contributed by atoms with E-state index < -0.39 is 0 Å². The molecule has 2 aliphatic heterocycles. The first kappa shape index (κ1) is 15.9. The molecular formula is C15H21ClN2O3. The van der Waals surface area contributed by atoms with E-state index in [9.17, 15) is 4.79 Å². The van der Waals surface area contributed by atoms with E-state index in [-0.39, 0.29) is 30.5 Å². The Bertz CT molecular complexity index is 516. The summed E-state index contributed by atoms with van der Waals surface area (Å²) in [7, 11) is 0. The fourth-order valence-corrected chi connectivity index (χ4v) is 2.64. The second kappa shape index (κ2) is 6.54. The van der Waals surface area contributed by atoms with Crippen LogP contribution in [-0.2, 0) is 0 Å². The molecule has 2 aliphatic rings. The summed E-state index contributed by atoms with van der Waals surface area (Å²) in [6, 6.07) is 5.29. The zero-order valence-electron chi connectivity index (χ0n) is 12.1. The number of nitrogens with one attached hydrogen (secondary N) is 2. The molecule has 0 spiro atoms. The lowest BCUT2D eigenvalue weighted by Crippen LogP contribution is -2.42. The molecule has 21 heavy (non-hydrogen) atoms. The Morgan fingerprint density at radius 3 is 2.76 bits per heavy atom. The highest BCUT2D eigenvalue weighted by molar-refractivity contribution is 5.94. The SMILES string of the molecule is CC1(CNC(=O)c2ccc3c(c2)OCO3)CCNCC1.Cl. The number of carbonyl (C=O) groups is 1. The summed E-state index contributed by atoms with van der Waals surface area (Å²) in [4.78, 5) is 12.2.